The molecule has 0 spiro atoms. The highest BCUT2D eigenvalue weighted by atomic mass is 18.2. The molecule has 8 heteroatoms. The van der Waals surface area contributed by atoms with Gasteiger partial charge in [-0.25, -0.2) is 19.2 Å². The van der Waals surface area contributed by atoms with Crippen molar-refractivity contribution in [1.29, 1.82) is 0 Å². The van der Waals surface area contributed by atoms with Gasteiger partial charge in [0.15, 0.2) is 11.5 Å². The van der Waals surface area contributed by atoms with Crippen molar-refractivity contribution in [3.8, 4) is 11.4 Å². The summed E-state index contributed by atoms with van der Waals surface area (Å²) in [6.45, 7) is 1.83. The molecule has 0 bridgehead atoms. The molecule has 0 aliphatic heterocycles. The number of aromatic nitrogens is 4. The van der Waals surface area contributed by atoms with E-state index in [4.69, 9.17) is 0 Å². The molecule has 0 saturated carbocycles. The fourth-order valence-corrected chi connectivity index (χ4v) is 3.68. The van der Waals surface area contributed by atoms with Crippen LogP contribution in [0.3, 0.4) is 0 Å². The first-order valence-electron chi connectivity index (χ1n) is 10.5. The maximum atomic E-state index is 13.1. The van der Waals surface area contributed by atoms with Crippen molar-refractivity contribution in [3.05, 3.63) is 82.9 Å². The van der Waals surface area contributed by atoms with E-state index in [0.29, 0.717) is 30.1 Å². The molecule has 0 atom stereocenters. The fraction of sp³-hybridized carbons (Fsp3) is 0.250. The summed E-state index contributed by atoms with van der Waals surface area (Å²) in [5.41, 5.74) is 2.05. The second kappa shape index (κ2) is 9.55. The van der Waals surface area contributed by atoms with Gasteiger partial charge >= 0.3 is 5.69 Å². The number of nitrogens with zero attached hydrogens (tertiary/aromatic N) is 5. The molecule has 4 aromatic rings. The number of hydrogen-bond donors (Lipinski definition) is 0. The van der Waals surface area contributed by atoms with E-state index in [1.54, 1.807) is 4.90 Å². The number of benzene rings is 2. The van der Waals surface area contributed by atoms with Gasteiger partial charge < -0.3 is 4.90 Å². The quantitative estimate of drug-likeness (QED) is 0.428. The summed E-state index contributed by atoms with van der Waals surface area (Å²) in [6, 6.07) is 19.0. The molecular weight excluding hydrogens is 408 g/mol. The van der Waals surface area contributed by atoms with Gasteiger partial charge in [0.1, 0.15) is 18.7 Å². The maximum absolute atomic E-state index is 13.1. The predicted octanol–water partition coefficient (Wildman–Crippen LogP) is 3.28. The zero-order chi connectivity index (χ0) is 22.5. The first-order chi connectivity index (χ1) is 15.6. The smallest absolute Gasteiger partial charge is 0.330 e. The summed E-state index contributed by atoms with van der Waals surface area (Å²) in [7, 11) is 0. The van der Waals surface area contributed by atoms with Crippen LogP contribution in [0.4, 0.5) is 4.39 Å². The van der Waals surface area contributed by atoms with Gasteiger partial charge in [0.2, 0.25) is 5.91 Å². The van der Waals surface area contributed by atoms with Crippen LogP contribution in [-0.4, -0.2) is 43.1 Å². The van der Waals surface area contributed by atoms with Crippen LogP contribution < -0.4 is 5.69 Å². The Morgan fingerprint density at radius 3 is 2.38 bits per heavy atom. The Morgan fingerprint density at radius 2 is 1.72 bits per heavy atom. The Kier molecular flexibility index (Phi) is 6.39. The second-order valence-corrected chi connectivity index (χ2v) is 7.37. The summed E-state index contributed by atoms with van der Waals surface area (Å²) in [5.74, 6) is 0.228. The number of aryl methyl sites for hydroxylation is 1. The number of halogens is 1. The monoisotopic (exact) mass is 432 g/mol. The number of likely N-dealkylation sites (N-methyl/N-ethyl adjacent to an activating group) is 1. The van der Waals surface area contributed by atoms with Gasteiger partial charge in [-0.3, -0.25) is 13.9 Å². The molecule has 1 amide bonds. The van der Waals surface area contributed by atoms with E-state index in [2.05, 4.69) is 9.97 Å². The van der Waals surface area contributed by atoms with Crippen molar-refractivity contribution in [3.63, 3.8) is 0 Å². The van der Waals surface area contributed by atoms with Crippen LogP contribution in [0.25, 0.3) is 22.6 Å². The molecule has 0 aliphatic rings. The zero-order valence-corrected chi connectivity index (χ0v) is 17.8. The SMILES string of the molecule is CCN(Cc1ccccc1)C(=O)Cn1c(=O)n(CC[18F])c2cnc(-c3ccccc3)nc21. The van der Waals surface area contributed by atoms with Crippen molar-refractivity contribution in [2.24, 2.45) is 0 Å². The summed E-state index contributed by atoms with van der Waals surface area (Å²) in [5, 5.41) is 0. The van der Waals surface area contributed by atoms with Crippen molar-refractivity contribution in [1.82, 2.24) is 24.0 Å². The molecule has 0 fully saturated rings. The number of rotatable bonds is 8. The lowest BCUT2D eigenvalue weighted by Gasteiger charge is -2.21. The average molecular weight is 432 g/mol. The molecule has 0 aliphatic carbocycles. The van der Waals surface area contributed by atoms with Gasteiger partial charge in [0.05, 0.1) is 12.7 Å². The Bertz CT molecular complexity index is 1270. The molecule has 0 N–H and O–H groups in total. The van der Waals surface area contributed by atoms with Crippen LogP contribution in [0.1, 0.15) is 12.5 Å². The van der Waals surface area contributed by atoms with E-state index in [1.165, 1.54) is 15.3 Å². The minimum Gasteiger partial charge on any atom is -0.337 e. The van der Waals surface area contributed by atoms with Gasteiger partial charge in [0, 0.05) is 18.7 Å². The van der Waals surface area contributed by atoms with Crippen molar-refractivity contribution in [2.45, 2.75) is 26.6 Å². The van der Waals surface area contributed by atoms with E-state index >= 15 is 0 Å². The first kappa shape index (κ1) is 21.4. The van der Waals surface area contributed by atoms with Gasteiger partial charge in [-0.05, 0) is 12.5 Å². The molecule has 32 heavy (non-hydrogen) atoms. The normalized spacial score (nSPS) is 11.1. The van der Waals surface area contributed by atoms with Gasteiger partial charge in [-0.2, -0.15) is 0 Å². The van der Waals surface area contributed by atoms with E-state index in [9.17, 15) is 14.0 Å². The van der Waals surface area contributed by atoms with Crippen LogP contribution in [0.5, 0.6) is 0 Å². The largest absolute Gasteiger partial charge is 0.337 e. The maximum Gasteiger partial charge on any atom is 0.330 e. The van der Waals surface area contributed by atoms with E-state index in [0.717, 1.165) is 11.1 Å². The van der Waals surface area contributed by atoms with Crippen molar-refractivity contribution < 1.29 is 9.18 Å². The highest BCUT2D eigenvalue weighted by Gasteiger charge is 2.21. The summed E-state index contributed by atoms with van der Waals surface area (Å²) in [6.07, 6.45) is 1.52. The minimum absolute atomic E-state index is 0.119. The third-order valence-corrected chi connectivity index (χ3v) is 5.34. The molecule has 4 rings (SSSR count). The Hall–Kier alpha value is -3.81. The van der Waals surface area contributed by atoms with E-state index in [1.807, 2.05) is 67.6 Å². The highest BCUT2D eigenvalue weighted by Crippen LogP contribution is 2.18. The highest BCUT2D eigenvalue weighted by molar-refractivity contribution is 5.79. The zero-order valence-electron chi connectivity index (χ0n) is 17.8. The Morgan fingerprint density at radius 1 is 1.03 bits per heavy atom. The predicted molar refractivity (Wildman–Crippen MR) is 121 cm³/mol. The number of amides is 1. The van der Waals surface area contributed by atoms with Gasteiger partial charge in [-0.15, -0.1) is 0 Å². The summed E-state index contributed by atoms with van der Waals surface area (Å²) >= 11 is 0. The molecular formula is C24H24FN5O2. The van der Waals surface area contributed by atoms with Crippen LogP contribution in [0.15, 0.2) is 71.7 Å². The summed E-state index contributed by atoms with van der Waals surface area (Å²) in [4.78, 5) is 36.8. The molecule has 2 heterocycles. The fourth-order valence-electron chi connectivity index (χ4n) is 3.68. The van der Waals surface area contributed by atoms with Gasteiger partial charge in [0.25, 0.3) is 0 Å². The van der Waals surface area contributed by atoms with Crippen LogP contribution in [0.2, 0.25) is 0 Å². The first-order valence-corrected chi connectivity index (χ1v) is 10.5. The molecule has 164 valence electrons. The molecule has 0 radical (unpaired) electrons. The lowest BCUT2D eigenvalue weighted by molar-refractivity contribution is -0.132. The van der Waals surface area contributed by atoms with Gasteiger partial charge in [-0.1, -0.05) is 60.7 Å². The second-order valence-electron chi connectivity index (χ2n) is 7.37. The summed E-state index contributed by atoms with van der Waals surface area (Å²) < 4.78 is 15.7. The lowest BCUT2D eigenvalue weighted by atomic mass is 10.2. The lowest BCUT2D eigenvalue weighted by Crippen LogP contribution is -2.36. The molecule has 2 aromatic heterocycles. The molecule has 0 unspecified atom stereocenters. The Balaban J connectivity index is 1.72. The number of alkyl halides is 1. The average Bonchev–Trinajstić information content (AvgIpc) is 3.09. The van der Waals surface area contributed by atoms with E-state index < -0.39 is 12.4 Å². The van der Waals surface area contributed by atoms with E-state index in [-0.39, 0.29) is 19.0 Å². The number of fused-ring (bicyclic) bond motifs is 1. The Labute approximate surface area is 184 Å². The molecule has 2 aromatic carbocycles. The van der Waals surface area contributed by atoms with Crippen LogP contribution in [0, 0.1) is 0 Å². The topological polar surface area (TPSA) is 73.0 Å². The third kappa shape index (κ3) is 4.30. The van der Waals surface area contributed by atoms with Crippen molar-refractivity contribution >= 4 is 17.1 Å². The number of hydrogen-bond acceptors (Lipinski definition) is 4. The number of imidazole rings is 1. The minimum atomic E-state index is -0.706. The van der Waals surface area contributed by atoms with Crippen molar-refractivity contribution in [2.75, 3.05) is 13.2 Å². The molecule has 0 saturated heterocycles. The van der Waals surface area contributed by atoms with Crippen LogP contribution in [-0.2, 0) is 24.4 Å². The number of carbonyl (C=O) groups excluding carboxylic acids is 1. The standard InChI is InChI=1S/C24H24FN5O2/c1-2-28(16-18-9-5-3-6-10-18)21(31)17-30-23-20(29(14-13-25)24(30)32)15-26-22(27-23)19-11-7-4-8-12-19/h3-12,15H,2,13-14,16-17H2,1H3/i25-1. The molecule has 7 nitrogen and oxygen atoms in total. The van der Waals surface area contributed by atoms with Crippen LogP contribution >= 0.6 is 0 Å². The number of carbonyl (C=O) groups is 1. The third-order valence-electron chi connectivity index (χ3n) is 5.34.